The highest BCUT2D eigenvalue weighted by atomic mass is 16.5. The Kier molecular flexibility index (Phi) is 5.72. The van der Waals surface area contributed by atoms with Gasteiger partial charge in [-0.05, 0) is 56.3 Å². The van der Waals surface area contributed by atoms with Crippen molar-refractivity contribution in [1.29, 1.82) is 0 Å². The minimum absolute atomic E-state index is 0.204. The molecule has 0 spiro atoms. The van der Waals surface area contributed by atoms with Crippen LogP contribution in [0.25, 0.3) is 22.5 Å². The zero-order chi connectivity index (χ0) is 21.1. The second-order valence-corrected chi connectivity index (χ2v) is 7.63. The van der Waals surface area contributed by atoms with Gasteiger partial charge in [-0.25, -0.2) is 4.98 Å². The number of aliphatic carboxylic acids is 1. The average molecular weight is 404 g/mol. The van der Waals surface area contributed by atoms with Crippen molar-refractivity contribution in [3.63, 3.8) is 0 Å². The van der Waals surface area contributed by atoms with Gasteiger partial charge in [-0.3, -0.25) is 19.7 Å². The lowest BCUT2D eigenvalue weighted by Gasteiger charge is -2.39. The molecule has 7 nitrogen and oxygen atoms in total. The molecule has 2 aromatic heterocycles. The van der Waals surface area contributed by atoms with E-state index >= 15 is 0 Å². The van der Waals surface area contributed by atoms with E-state index in [1.54, 1.807) is 19.5 Å². The average Bonchev–Trinajstić information content (AvgIpc) is 2.73. The van der Waals surface area contributed by atoms with E-state index in [2.05, 4.69) is 14.9 Å². The Morgan fingerprint density at radius 1 is 1.07 bits per heavy atom. The van der Waals surface area contributed by atoms with E-state index in [1.165, 1.54) is 0 Å². The van der Waals surface area contributed by atoms with E-state index in [-0.39, 0.29) is 5.92 Å². The summed E-state index contributed by atoms with van der Waals surface area (Å²) in [6, 6.07) is 12.0. The van der Waals surface area contributed by atoms with Gasteiger partial charge in [0, 0.05) is 29.9 Å². The number of carboxylic acids is 1. The molecule has 0 unspecified atom stereocenters. The van der Waals surface area contributed by atoms with Crippen LogP contribution in [-0.2, 0) is 11.3 Å². The highest BCUT2D eigenvalue weighted by Gasteiger charge is 2.36. The fourth-order valence-corrected chi connectivity index (χ4v) is 3.61. The molecule has 0 radical (unpaired) electrons. The summed E-state index contributed by atoms with van der Waals surface area (Å²) in [6.07, 6.45) is 6.70. The quantitative estimate of drug-likeness (QED) is 0.645. The topological polar surface area (TPSA) is 88.4 Å². The molecule has 0 bridgehead atoms. The molecule has 0 amide bonds. The number of hydrogen-bond donors (Lipinski definition) is 1. The summed E-state index contributed by atoms with van der Waals surface area (Å²) in [5, 5.41) is 9.03. The lowest BCUT2D eigenvalue weighted by molar-refractivity contribution is -0.146. The Morgan fingerprint density at radius 2 is 1.73 bits per heavy atom. The molecule has 1 aliphatic carbocycles. The molecule has 7 heteroatoms. The maximum absolute atomic E-state index is 11.0. The van der Waals surface area contributed by atoms with E-state index in [0.717, 1.165) is 34.0 Å². The molecule has 4 rings (SSSR count). The number of methoxy groups -OCH3 is 1. The van der Waals surface area contributed by atoms with Gasteiger partial charge in [0.25, 0.3) is 0 Å². The number of nitrogens with zero attached hydrogens (tertiary/aromatic N) is 4. The molecule has 0 aliphatic heterocycles. The molecule has 1 aromatic carbocycles. The smallest absolute Gasteiger partial charge is 0.306 e. The van der Waals surface area contributed by atoms with Crippen molar-refractivity contribution in [3.05, 3.63) is 60.7 Å². The van der Waals surface area contributed by atoms with Crippen molar-refractivity contribution >= 4 is 5.97 Å². The van der Waals surface area contributed by atoms with Gasteiger partial charge in [0.05, 0.1) is 42.5 Å². The predicted molar refractivity (Wildman–Crippen MR) is 113 cm³/mol. The first-order valence-electron chi connectivity index (χ1n) is 9.88. The summed E-state index contributed by atoms with van der Waals surface area (Å²) in [5.41, 5.74) is 4.37. The fourth-order valence-electron chi connectivity index (χ4n) is 3.61. The number of hydrogen-bond acceptors (Lipinski definition) is 6. The number of benzene rings is 1. The minimum atomic E-state index is -0.694. The normalized spacial score (nSPS) is 18.1. The van der Waals surface area contributed by atoms with Crippen LogP contribution in [0.2, 0.25) is 0 Å². The first kappa shape index (κ1) is 20.0. The fraction of sp³-hybridized carbons (Fsp3) is 0.304. The zero-order valence-corrected chi connectivity index (χ0v) is 17.0. The van der Waals surface area contributed by atoms with E-state index in [1.807, 2.05) is 49.6 Å². The number of carboxylic acid groups (broad SMARTS) is 1. The number of pyridine rings is 1. The second kappa shape index (κ2) is 8.59. The lowest BCUT2D eigenvalue weighted by Crippen LogP contribution is -2.44. The van der Waals surface area contributed by atoms with Crippen LogP contribution in [0.3, 0.4) is 0 Å². The van der Waals surface area contributed by atoms with Crippen molar-refractivity contribution in [2.45, 2.75) is 25.4 Å². The van der Waals surface area contributed by atoms with Crippen LogP contribution in [0, 0.1) is 5.92 Å². The molecular formula is C23H24N4O3. The van der Waals surface area contributed by atoms with Gasteiger partial charge in [0.1, 0.15) is 5.75 Å². The molecule has 0 saturated heterocycles. The number of carbonyl (C=O) groups is 1. The van der Waals surface area contributed by atoms with Crippen molar-refractivity contribution < 1.29 is 14.6 Å². The third-order valence-electron chi connectivity index (χ3n) is 5.64. The maximum Gasteiger partial charge on any atom is 0.306 e. The Morgan fingerprint density at radius 3 is 2.33 bits per heavy atom. The third kappa shape index (κ3) is 4.31. The number of rotatable bonds is 7. The van der Waals surface area contributed by atoms with Crippen LogP contribution in [-0.4, -0.2) is 51.1 Å². The first-order chi connectivity index (χ1) is 14.5. The zero-order valence-electron chi connectivity index (χ0n) is 17.0. The Hall–Kier alpha value is -3.32. The van der Waals surface area contributed by atoms with Crippen LogP contribution < -0.4 is 4.74 Å². The van der Waals surface area contributed by atoms with Crippen LogP contribution in [0.1, 0.15) is 18.5 Å². The summed E-state index contributed by atoms with van der Waals surface area (Å²) in [6.45, 7) is 0.689. The molecular weight excluding hydrogens is 380 g/mol. The van der Waals surface area contributed by atoms with E-state index in [4.69, 9.17) is 14.8 Å². The SMILES string of the molecule is COc1ccc(-c2cncc(-c3ccc(CN(C)C4CC(C(=O)O)C4)nc3)n2)cc1. The van der Waals surface area contributed by atoms with Crippen LogP contribution in [0.4, 0.5) is 0 Å². The largest absolute Gasteiger partial charge is 0.497 e. The van der Waals surface area contributed by atoms with Gasteiger partial charge < -0.3 is 9.84 Å². The van der Waals surface area contributed by atoms with Gasteiger partial charge in [0.2, 0.25) is 0 Å². The van der Waals surface area contributed by atoms with Gasteiger partial charge in [0.15, 0.2) is 0 Å². The highest BCUT2D eigenvalue weighted by Crippen LogP contribution is 2.32. The van der Waals surface area contributed by atoms with Crippen LogP contribution in [0.15, 0.2) is 55.0 Å². The first-order valence-corrected chi connectivity index (χ1v) is 9.88. The molecule has 0 atom stereocenters. The summed E-state index contributed by atoms with van der Waals surface area (Å²) in [7, 11) is 3.66. The maximum atomic E-state index is 11.0. The summed E-state index contributed by atoms with van der Waals surface area (Å²) >= 11 is 0. The van der Waals surface area contributed by atoms with Crippen LogP contribution in [0.5, 0.6) is 5.75 Å². The van der Waals surface area contributed by atoms with Crippen molar-refractivity contribution in [3.8, 4) is 28.3 Å². The number of aromatic nitrogens is 3. The van der Waals surface area contributed by atoms with E-state index in [9.17, 15) is 4.79 Å². The second-order valence-electron chi connectivity index (χ2n) is 7.63. The Bertz CT molecular complexity index is 1020. The molecule has 154 valence electrons. The third-order valence-corrected chi connectivity index (χ3v) is 5.64. The highest BCUT2D eigenvalue weighted by molar-refractivity contribution is 5.71. The molecule has 1 fully saturated rings. The minimum Gasteiger partial charge on any atom is -0.497 e. The van der Waals surface area contributed by atoms with Gasteiger partial charge in [-0.15, -0.1) is 0 Å². The summed E-state index contributed by atoms with van der Waals surface area (Å²) in [4.78, 5) is 26.8. The Labute approximate surface area is 175 Å². The van der Waals surface area contributed by atoms with E-state index in [0.29, 0.717) is 25.4 Å². The molecule has 2 heterocycles. The molecule has 1 aliphatic rings. The monoisotopic (exact) mass is 404 g/mol. The van der Waals surface area contributed by atoms with Crippen molar-refractivity contribution in [1.82, 2.24) is 19.9 Å². The molecule has 1 saturated carbocycles. The molecule has 3 aromatic rings. The number of ether oxygens (including phenoxy) is 1. The summed E-state index contributed by atoms with van der Waals surface area (Å²) < 4.78 is 5.20. The van der Waals surface area contributed by atoms with Gasteiger partial charge >= 0.3 is 5.97 Å². The summed E-state index contributed by atoms with van der Waals surface area (Å²) in [5.74, 6) is -0.0996. The van der Waals surface area contributed by atoms with E-state index < -0.39 is 5.97 Å². The Balaban J connectivity index is 1.43. The van der Waals surface area contributed by atoms with Crippen molar-refractivity contribution in [2.75, 3.05) is 14.2 Å². The molecule has 30 heavy (non-hydrogen) atoms. The predicted octanol–water partition coefficient (Wildman–Crippen LogP) is 3.51. The lowest BCUT2D eigenvalue weighted by atomic mass is 9.79. The van der Waals surface area contributed by atoms with Gasteiger partial charge in [-0.2, -0.15) is 0 Å². The molecule has 1 N–H and O–H groups in total. The van der Waals surface area contributed by atoms with Crippen molar-refractivity contribution in [2.24, 2.45) is 5.92 Å². The standard InChI is InChI=1S/C23H24N4O3/c1-27(19-9-17(10-19)23(28)29)14-18-6-3-16(11-25-18)22-13-24-12-21(26-22)15-4-7-20(30-2)8-5-15/h3-8,11-13,17,19H,9-10,14H2,1-2H3,(H,28,29). The van der Waals surface area contributed by atoms with Crippen LogP contribution >= 0.6 is 0 Å². The van der Waals surface area contributed by atoms with Gasteiger partial charge in [-0.1, -0.05) is 0 Å².